The predicted molar refractivity (Wildman–Crippen MR) is 134 cm³/mol. The fourth-order valence-corrected chi connectivity index (χ4v) is 7.88. The molecule has 0 bridgehead atoms. The maximum absolute atomic E-state index is 12.3. The molecule has 0 heterocycles. The molecule has 0 aliphatic heterocycles. The van der Waals surface area contributed by atoms with Crippen molar-refractivity contribution in [3.63, 3.8) is 0 Å². The van der Waals surface area contributed by atoms with E-state index in [1.807, 2.05) is 6.08 Å². The number of hydrogen-bond acceptors (Lipinski definition) is 4. The Hall–Kier alpha value is -2.02. The number of fused-ring (bicyclic) bond motifs is 5. The van der Waals surface area contributed by atoms with Gasteiger partial charge in [0.1, 0.15) is 6.10 Å². The normalized spacial score (nSPS) is 38.1. The number of allylic oxidation sites excluding steroid dienone is 2. The van der Waals surface area contributed by atoms with Crippen LogP contribution in [0.15, 0.2) is 23.8 Å². The van der Waals surface area contributed by atoms with Gasteiger partial charge in [-0.25, -0.2) is 0 Å². The Labute approximate surface area is 205 Å². The van der Waals surface area contributed by atoms with E-state index in [0.29, 0.717) is 30.1 Å². The number of esters is 2. The zero-order valence-corrected chi connectivity index (χ0v) is 21.3. The highest BCUT2D eigenvalue weighted by Crippen LogP contribution is 2.64. The van der Waals surface area contributed by atoms with Crippen molar-refractivity contribution in [1.29, 1.82) is 0 Å². The van der Waals surface area contributed by atoms with Crippen molar-refractivity contribution in [2.24, 2.45) is 29.1 Å². The molecule has 186 valence electrons. The third-order valence-electron chi connectivity index (χ3n) is 9.44. The summed E-state index contributed by atoms with van der Waals surface area (Å²) < 4.78 is 11.7. The third kappa shape index (κ3) is 4.36. The second-order valence-electron chi connectivity index (χ2n) is 11.0. The van der Waals surface area contributed by atoms with Crippen LogP contribution in [0.25, 0.3) is 0 Å². The van der Waals surface area contributed by atoms with Crippen LogP contribution in [-0.4, -0.2) is 23.6 Å². The summed E-state index contributed by atoms with van der Waals surface area (Å²) in [5, 5.41) is 0. The Morgan fingerprint density at radius 2 is 1.94 bits per heavy atom. The first-order chi connectivity index (χ1) is 16.4. The Morgan fingerprint density at radius 3 is 2.65 bits per heavy atom. The molecule has 0 aromatic heterocycles. The fraction of sp³-hybridized carbons (Fsp3) is 0.733. The molecule has 0 aromatic rings. The average molecular weight is 467 g/mol. The van der Waals surface area contributed by atoms with E-state index in [9.17, 15) is 9.59 Å². The van der Waals surface area contributed by atoms with Crippen LogP contribution in [0.3, 0.4) is 0 Å². The standard InChI is InChI=1S/C30H42O4/c1-5-8-9-10-11-28(32)33-23-13-15-24-22(20-23)12-14-26-25(24)16-18-29(6-2)27(26)17-19-30(29,7-3)34-21(4)31/h3,17,19-20,23-27H,5-6,8-16,18H2,1-2,4H3/t23-,24-,25+,26+,27-,29-,30-/m0/s1. The van der Waals surface area contributed by atoms with Crippen LogP contribution in [0.2, 0.25) is 0 Å². The first-order valence-corrected chi connectivity index (χ1v) is 13.7. The molecule has 34 heavy (non-hydrogen) atoms. The van der Waals surface area contributed by atoms with Gasteiger partial charge in [-0.15, -0.1) is 6.42 Å². The summed E-state index contributed by atoms with van der Waals surface area (Å²) in [5.74, 6) is 4.70. The summed E-state index contributed by atoms with van der Waals surface area (Å²) in [6.07, 6.45) is 24.7. The SMILES string of the molecule is C#C[C@]1(OC(C)=O)C=C[C@H]2[C@@H]3CCC4=C[C@@H](OC(=O)CCCCCC)CC[C@@H]4[C@H]3CC[C@@]21CC. The van der Waals surface area contributed by atoms with Crippen LogP contribution in [0.1, 0.15) is 97.8 Å². The molecule has 2 fully saturated rings. The summed E-state index contributed by atoms with van der Waals surface area (Å²) >= 11 is 0. The number of terminal acetylenes is 1. The summed E-state index contributed by atoms with van der Waals surface area (Å²) in [6, 6.07) is 0. The molecule has 4 aliphatic rings. The highest BCUT2D eigenvalue weighted by atomic mass is 16.6. The van der Waals surface area contributed by atoms with E-state index in [1.165, 1.54) is 25.3 Å². The van der Waals surface area contributed by atoms with Crippen LogP contribution in [-0.2, 0) is 19.1 Å². The lowest BCUT2D eigenvalue weighted by atomic mass is 9.49. The van der Waals surface area contributed by atoms with E-state index in [1.54, 1.807) is 0 Å². The molecule has 4 heteroatoms. The summed E-state index contributed by atoms with van der Waals surface area (Å²) in [4.78, 5) is 24.3. The van der Waals surface area contributed by atoms with Crippen molar-refractivity contribution in [2.45, 2.75) is 110 Å². The van der Waals surface area contributed by atoms with Crippen molar-refractivity contribution in [2.75, 3.05) is 0 Å². The van der Waals surface area contributed by atoms with Crippen LogP contribution in [0, 0.1) is 41.4 Å². The Kier molecular flexibility index (Phi) is 7.60. The van der Waals surface area contributed by atoms with Crippen molar-refractivity contribution in [1.82, 2.24) is 0 Å². The highest BCUT2D eigenvalue weighted by molar-refractivity contribution is 5.69. The van der Waals surface area contributed by atoms with Crippen LogP contribution in [0.5, 0.6) is 0 Å². The van der Waals surface area contributed by atoms with E-state index in [-0.39, 0.29) is 23.5 Å². The predicted octanol–water partition coefficient (Wildman–Crippen LogP) is 6.54. The molecule has 4 aliphatic carbocycles. The molecule has 2 saturated carbocycles. The highest BCUT2D eigenvalue weighted by Gasteiger charge is 2.63. The first kappa shape index (κ1) is 25.1. The summed E-state index contributed by atoms with van der Waals surface area (Å²) in [5.41, 5.74) is 0.397. The number of rotatable bonds is 8. The molecule has 0 saturated heterocycles. The minimum Gasteiger partial charge on any atom is -0.458 e. The van der Waals surface area contributed by atoms with Gasteiger partial charge >= 0.3 is 11.9 Å². The second-order valence-corrected chi connectivity index (χ2v) is 11.0. The average Bonchev–Trinajstić information content (AvgIpc) is 3.15. The van der Waals surface area contributed by atoms with Crippen molar-refractivity contribution < 1.29 is 19.1 Å². The fourth-order valence-electron chi connectivity index (χ4n) is 7.88. The largest absolute Gasteiger partial charge is 0.458 e. The van der Waals surface area contributed by atoms with E-state index < -0.39 is 5.60 Å². The van der Waals surface area contributed by atoms with Crippen molar-refractivity contribution in [3.8, 4) is 12.3 Å². The summed E-state index contributed by atoms with van der Waals surface area (Å²) in [6.45, 7) is 5.84. The lowest BCUT2D eigenvalue weighted by Crippen LogP contribution is -2.55. The molecule has 7 atom stereocenters. The molecule has 0 aromatic carbocycles. The van der Waals surface area contributed by atoms with Gasteiger partial charge in [-0.05, 0) is 87.2 Å². The quantitative estimate of drug-likeness (QED) is 0.176. The maximum atomic E-state index is 12.3. The molecule has 4 rings (SSSR count). The number of ether oxygens (including phenoxy) is 2. The van der Waals surface area contributed by atoms with Gasteiger partial charge in [0.05, 0.1) is 0 Å². The van der Waals surface area contributed by atoms with E-state index in [2.05, 4.69) is 31.9 Å². The van der Waals surface area contributed by atoms with Crippen molar-refractivity contribution >= 4 is 11.9 Å². The van der Waals surface area contributed by atoms with Crippen LogP contribution < -0.4 is 0 Å². The Morgan fingerprint density at radius 1 is 1.12 bits per heavy atom. The number of carbonyl (C=O) groups excluding carboxylic acids is 2. The molecular weight excluding hydrogens is 424 g/mol. The van der Waals surface area contributed by atoms with Crippen molar-refractivity contribution in [3.05, 3.63) is 23.8 Å². The number of hydrogen-bond donors (Lipinski definition) is 0. The number of unbranched alkanes of at least 4 members (excludes halogenated alkanes) is 3. The van der Waals surface area contributed by atoms with Gasteiger partial charge in [0.2, 0.25) is 0 Å². The molecular formula is C30H42O4. The topological polar surface area (TPSA) is 52.6 Å². The number of carbonyl (C=O) groups is 2. The zero-order chi connectivity index (χ0) is 24.3. The monoisotopic (exact) mass is 466 g/mol. The molecule has 0 N–H and O–H groups in total. The van der Waals surface area contributed by atoms with E-state index >= 15 is 0 Å². The van der Waals surface area contributed by atoms with Gasteiger partial charge in [-0.1, -0.05) is 50.7 Å². The van der Waals surface area contributed by atoms with Gasteiger partial charge in [-0.3, -0.25) is 9.59 Å². The molecule has 0 amide bonds. The molecule has 0 spiro atoms. The lowest BCUT2D eigenvalue weighted by molar-refractivity contribution is -0.166. The Balaban J connectivity index is 1.44. The minimum atomic E-state index is -0.914. The van der Waals surface area contributed by atoms with Crippen LogP contribution >= 0.6 is 0 Å². The van der Waals surface area contributed by atoms with Crippen LogP contribution in [0.4, 0.5) is 0 Å². The Bertz CT molecular complexity index is 879. The minimum absolute atomic E-state index is 0.0392. The zero-order valence-electron chi connectivity index (χ0n) is 21.3. The van der Waals surface area contributed by atoms with Gasteiger partial charge in [0.25, 0.3) is 0 Å². The van der Waals surface area contributed by atoms with E-state index in [0.717, 1.165) is 57.8 Å². The van der Waals surface area contributed by atoms with Gasteiger partial charge in [-0.2, -0.15) is 0 Å². The lowest BCUT2D eigenvalue weighted by Gasteiger charge is -2.56. The molecule has 0 radical (unpaired) electrons. The third-order valence-corrected chi connectivity index (χ3v) is 9.44. The van der Waals surface area contributed by atoms with Gasteiger partial charge in [0, 0.05) is 18.8 Å². The first-order valence-electron chi connectivity index (χ1n) is 13.7. The van der Waals surface area contributed by atoms with Gasteiger partial charge < -0.3 is 9.47 Å². The second kappa shape index (κ2) is 10.3. The van der Waals surface area contributed by atoms with Gasteiger partial charge in [0.15, 0.2) is 5.60 Å². The summed E-state index contributed by atoms with van der Waals surface area (Å²) in [7, 11) is 0. The molecule has 4 nitrogen and oxygen atoms in total. The van der Waals surface area contributed by atoms with E-state index in [4.69, 9.17) is 15.9 Å². The smallest absolute Gasteiger partial charge is 0.306 e. The molecule has 0 unspecified atom stereocenters. The maximum Gasteiger partial charge on any atom is 0.306 e.